The number of likely N-dealkylation sites (tertiary alicyclic amines) is 1. The normalized spacial score (nSPS) is 17.3. The average Bonchev–Trinajstić information content (AvgIpc) is 3.03. The lowest BCUT2D eigenvalue weighted by molar-refractivity contribution is 0.0768. The Morgan fingerprint density at radius 2 is 2.05 bits per heavy atom. The number of benzene rings is 1. The van der Waals surface area contributed by atoms with Crippen molar-refractivity contribution in [1.82, 2.24) is 9.88 Å². The first-order valence-electron chi connectivity index (χ1n) is 7.28. The minimum Gasteiger partial charge on any atom is -0.496 e. The first-order chi connectivity index (χ1) is 10.8. The van der Waals surface area contributed by atoms with E-state index in [1.165, 1.54) is 0 Å². The van der Waals surface area contributed by atoms with E-state index in [0.717, 1.165) is 6.42 Å². The number of para-hydroxylation sites is 1. The fraction of sp³-hybridized carbons (Fsp3) is 0.294. The first-order valence-corrected chi connectivity index (χ1v) is 7.28. The van der Waals surface area contributed by atoms with Crippen LogP contribution in [0.3, 0.4) is 0 Å². The van der Waals surface area contributed by atoms with E-state index < -0.39 is 0 Å². The molecule has 0 spiro atoms. The van der Waals surface area contributed by atoms with Crippen LogP contribution in [-0.2, 0) is 0 Å². The van der Waals surface area contributed by atoms with Crippen molar-refractivity contribution < 1.29 is 14.3 Å². The van der Waals surface area contributed by atoms with Crippen LogP contribution in [0.4, 0.5) is 0 Å². The Morgan fingerprint density at radius 3 is 2.82 bits per heavy atom. The number of hydrogen-bond acceptors (Lipinski definition) is 4. The lowest BCUT2D eigenvalue weighted by atomic mass is 10.2. The van der Waals surface area contributed by atoms with Crippen LogP contribution in [0.5, 0.6) is 11.6 Å². The number of nitrogens with zero attached hydrogens (tertiary/aromatic N) is 2. The van der Waals surface area contributed by atoms with E-state index in [1.807, 2.05) is 30.3 Å². The largest absolute Gasteiger partial charge is 0.496 e. The summed E-state index contributed by atoms with van der Waals surface area (Å²) >= 11 is 0. The molecule has 1 aliphatic rings. The van der Waals surface area contributed by atoms with E-state index in [-0.39, 0.29) is 12.0 Å². The summed E-state index contributed by atoms with van der Waals surface area (Å²) in [5.41, 5.74) is 0.587. The van der Waals surface area contributed by atoms with Crippen LogP contribution in [0.1, 0.15) is 16.8 Å². The van der Waals surface area contributed by atoms with Gasteiger partial charge < -0.3 is 14.4 Å². The van der Waals surface area contributed by atoms with Crippen molar-refractivity contribution in [3.05, 3.63) is 54.2 Å². The third-order valence-electron chi connectivity index (χ3n) is 3.69. The third kappa shape index (κ3) is 3.03. The van der Waals surface area contributed by atoms with Gasteiger partial charge in [-0.3, -0.25) is 4.79 Å². The van der Waals surface area contributed by atoms with Crippen molar-refractivity contribution in [1.29, 1.82) is 0 Å². The van der Waals surface area contributed by atoms with Crippen molar-refractivity contribution in [2.75, 3.05) is 20.2 Å². The number of aromatic nitrogens is 1. The summed E-state index contributed by atoms with van der Waals surface area (Å²) in [5, 5.41) is 0. The van der Waals surface area contributed by atoms with E-state index in [2.05, 4.69) is 4.98 Å². The Hall–Kier alpha value is -2.56. The lowest BCUT2D eigenvalue weighted by Crippen LogP contribution is -2.31. The number of pyridine rings is 1. The number of ether oxygens (including phenoxy) is 2. The maximum absolute atomic E-state index is 12.6. The molecule has 1 atom stereocenters. The Bertz CT molecular complexity index is 645. The molecule has 1 aromatic carbocycles. The Balaban J connectivity index is 1.66. The lowest BCUT2D eigenvalue weighted by Gasteiger charge is -2.18. The summed E-state index contributed by atoms with van der Waals surface area (Å²) in [6.45, 7) is 1.24. The molecule has 5 nitrogen and oxygen atoms in total. The number of carbonyl (C=O) groups excluding carboxylic acids is 1. The van der Waals surface area contributed by atoms with E-state index in [4.69, 9.17) is 9.47 Å². The molecule has 2 heterocycles. The van der Waals surface area contributed by atoms with Gasteiger partial charge in [0.15, 0.2) is 0 Å². The van der Waals surface area contributed by atoms with Gasteiger partial charge in [0.25, 0.3) is 5.91 Å². The van der Waals surface area contributed by atoms with Crippen molar-refractivity contribution in [3.63, 3.8) is 0 Å². The van der Waals surface area contributed by atoms with Gasteiger partial charge in [0.1, 0.15) is 11.9 Å². The number of amides is 1. The Kier molecular flexibility index (Phi) is 4.23. The smallest absolute Gasteiger partial charge is 0.257 e. The zero-order valence-electron chi connectivity index (χ0n) is 12.4. The van der Waals surface area contributed by atoms with Crippen molar-refractivity contribution in [3.8, 4) is 11.6 Å². The zero-order chi connectivity index (χ0) is 15.4. The predicted octanol–water partition coefficient (Wildman–Crippen LogP) is 2.38. The summed E-state index contributed by atoms with van der Waals surface area (Å²) in [6.07, 6.45) is 2.48. The summed E-state index contributed by atoms with van der Waals surface area (Å²) in [7, 11) is 1.57. The molecule has 114 valence electrons. The van der Waals surface area contributed by atoms with E-state index in [9.17, 15) is 4.79 Å². The number of hydrogen-bond donors (Lipinski definition) is 0. The molecular weight excluding hydrogens is 280 g/mol. The predicted molar refractivity (Wildman–Crippen MR) is 82.2 cm³/mol. The molecule has 5 heteroatoms. The Morgan fingerprint density at radius 1 is 1.23 bits per heavy atom. The van der Waals surface area contributed by atoms with Crippen LogP contribution in [0.15, 0.2) is 48.7 Å². The highest BCUT2D eigenvalue weighted by molar-refractivity contribution is 5.97. The summed E-state index contributed by atoms with van der Waals surface area (Å²) in [6, 6.07) is 12.8. The second-order valence-corrected chi connectivity index (χ2v) is 5.15. The summed E-state index contributed by atoms with van der Waals surface area (Å²) < 4.78 is 11.1. The molecule has 0 saturated carbocycles. The highest BCUT2D eigenvalue weighted by atomic mass is 16.5. The number of rotatable bonds is 4. The van der Waals surface area contributed by atoms with Gasteiger partial charge >= 0.3 is 0 Å². The van der Waals surface area contributed by atoms with Crippen LogP contribution in [0.2, 0.25) is 0 Å². The molecule has 0 radical (unpaired) electrons. The number of carbonyl (C=O) groups is 1. The third-order valence-corrected chi connectivity index (χ3v) is 3.69. The topological polar surface area (TPSA) is 51.7 Å². The van der Waals surface area contributed by atoms with Gasteiger partial charge in [0.2, 0.25) is 5.88 Å². The van der Waals surface area contributed by atoms with Gasteiger partial charge in [-0.2, -0.15) is 0 Å². The number of methoxy groups -OCH3 is 1. The van der Waals surface area contributed by atoms with Gasteiger partial charge in [0, 0.05) is 25.2 Å². The summed E-state index contributed by atoms with van der Waals surface area (Å²) in [4.78, 5) is 18.5. The molecular formula is C17H18N2O3. The molecule has 1 aliphatic heterocycles. The van der Waals surface area contributed by atoms with Crippen LogP contribution < -0.4 is 9.47 Å². The van der Waals surface area contributed by atoms with Crippen molar-refractivity contribution >= 4 is 5.91 Å². The fourth-order valence-corrected chi connectivity index (χ4v) is 2.59. The maximum atomic E-state index is 12.6. The van der Waals surface area contributed by atoms with Crippen LogP contribution in [0, 0.1) is 0 Å². The highest BCUT2D eigenvalue weighted by Crippen LogP contribution is 2.23. The SMILES string of the molecule is COc1ccccc1C(=O)N1CCC(Oc2ccccn2)C1. The molecule has 0 N–H and O–H groups in total. The first kappa shape index (κ1) is 14.4. The van der Waals surface area contributed by atoms with Gasteiger partial charge in [0.05, 0.1) is 19.2 Å². The van der Waals surface area contributed by atoms with Crippen LogP contribution >= 0.6 is 0 Å². The highest BCUT2D eigenvalue weighted by Gasteiger charge is 2.29. The van der Waals surface area contributed by atoms with E-state index in [0.29, 0.717) is 30.3 Å². The maximum Gasteiger partial charge on any atom is 0.257 e. The molecule has 1 unspecified atom stereocenters. The van der Waals surface area contributed by atoms with Gasteiger partial charge in [-0.1, -0.05) is 18.2 Å². The minimum absolute atomic E-state index is 0.0199. The van der Waals surface area contributed by atoms with Gasteiger partial charge in [-0.15, -0.1) is 0 Å². The molecule has 1 fully saturated rings. The average molecular weight is 298 g/mol. The zero-order valence-corrected chi connectivity index (χ0v) is 12.4. The molecule has 1 saturated heterocycles. The molecule has 0 bridgehead atoms. The second-order valence-electron chi connectivity index (χ2n) is 5.15. The van der Waals surface area contributed by atoms with Gasteiger partial charge in [-0.05, 0) is 18.2 Å². The molecule has 22 heavy (non-hydrogen) atoms. The van der Waals surface area contributed by atoms with Crippen LogP contribution in [0.25, 0.3) is 0 Å². The second kappa shape index (κ2) is 6.47. The minimum atomic E-state index is -0.0235. The Labute approximate surface area is 129 Å². The van der Waals surface area contributed by atoms with Gasteiger partial charge in [-0.25, -0.2) is 4.98 Å². The molecule has 3 rings (SSSR count). The van der Waals surface area contributed by atoms with Crippen molar-refractivity contribution in [2.24, 2.45) is 0 Å². The monoisotopic (exact) mass is 298 g/mol. The summed E-state index contributed by atoms with van der Waals surface area (Å²) in [5.74, 6) is 1.17. The molecule has 1 aromatic heterocycles. The molecule has 1 amide bonds. The standard InChI is InChI=1S/C17H18N2O3/c1-21-15-7-3-2-6-14(15)17(20)19-11-9-13(12-19)22-16-8-4-5-10-18-16/h2-8,10,13H,9,11-12H2,1H3. The molecule has 0 aliphatic carbocycles. The fourth-order valence-electron chi connectivity index (χ4n) is 2.59. The quantitative estimate of drug-likeness (QED) is 0.869. The van der Waals surface area contributed by atoms with E-state index >= 15 is 0 Å². The van der Waals surface area contributed by atoms with Crippen molar-refractivity contribution in [2.45, 2.75) is 12.5 Å². The van der Waals surface area contributed by atoms with Crippen LogP contribution in [-0.4, -0.2) is 42.1 Å². The molecule has 2 aromatic rings. The van der Waals surface area contributed by atoms with E-state index in [1.54, 1.807) is 30.3 Å².